The third-order valence-corrected chi connectivity index (χ3v) is 8.61. The van der Waals surface area contributed by atoms with Crippen molar-refractivity contribution in [3.8, 4) is 11.5 Å². The van der Waals surface area contributed by atoms with Crippen LogP contribution in [0.3, 0.4) is 0 Å². The number of para-hydroxylation sites is 2. The van der Waals surface area contributed by atoms with Crippen molar-refractivity contribution in [2.75, 3.05) is 31.0 Å². The number of rotatable bonds is 6. The Labute approximate surface area is 250 Å². The highest BCUT2D eigenvalue weighted by Crippen LogP contribution is 2.50. The molecule has 2 heterocycles. The molecule has 0 aromatic heterocycles. The lowest BCUT2D eigenvalue weighted by Gasteiger charge is -2.46. The molecular formula is C34H46N4O4. The highest BCUT2D eigenvalue weighted by Gasteiger charge is 2.43. The average Bonchev–Trinajstić information content (AvgIpc) is 3.00. The van der Waals surface area contributed by atoms with Gasteiger partial charge >= 0.3 is 0 Å². The molecule has 1 unspecified atom stereocenters. The quantitative estimate of drug-likeness (QED) is 0.405. The number of fused-ring (bicyclic) bond motifs is 1. The topological polar surface area (TPSA) is 91.9 Å². The number of carbonyl (C=O) groups excluding carboxylic acids is 2. The zero-order valence-corrected chi connectivity index (χ0v) is 26.3. The Morgan fingerprint density at radius 2 is 1.67 bits per heavy atom. The minimum atomic E-state index is -0.535. The predicted octanol–water partition coefficient (Wildman–Crippen LogP) is 5.75. The molecule has 1 fully saturated rings. The highest BCUT2D eigenvalue weighted by molar-refractivity contribution is 6.02. The number of amides is 1. The van der Waals surface area contributed by atoms with Crippen LogP contribution in [-0.2, 0) is 9.59 Å². The number of methoxy groups -OCH3 is 2. The average molecular weight is 575 g/mol. The Kier molecular flexibility index (Phi) is 7.81. The van der Waals surface area contributed by atoms with E-state index in [9.17, 15) is 9.59 Å². The van der Waals surface area contributed by atoms with Crippen LogP contribution in [0.15, 0.2) is 53.7 Å². The summed E-state index contributed by atoms with van der Waals surface area (Å²) in [4.78, 5) is 30.1. The van der Waals surface area contributed by atoms with Crippen molar-refractivity contribution in [3.63, 3.8) is 0 Å². The number of nitrogens with one attached hydrogen (secondary N) is 3. The van der Waals surface area contributed by atoms with Crippen LogP contribution in [0, 0.1) is 5.41 Å². The Morgan fingerprint density at radius 3 is 2.33 bits per heavy atom. The standard InChI is InChI=1S/C34H46N4O4/c1-32(2)18-25-30(27(39)19-32)31(23-14-13-22(41-7)15-28(23)42-8)38(26-12-10-9-11-24(26)36-25)20-29(40)35-21-16-33(3,4)37-34(5,6)17-21/h9-15,21,31,36-37H,16-20H2,1-8H3,(H,35,40). The van der Waals surface area contributed by atoms with Crippen molar-refractivity contribution in [3.05, 3.63) is 59.3 Å². The maximum atomic E-state index is 14.0. The number of benzene rings is 2. The number of hydrogen-bond donors (Lipinski definition) is 3. The summed E-state index contributed by atoms with van der Waals surface area (Å²) >= 11 is 0. The molecule has 1 amide bonds. The number of ether oxygens (including phenoxy) is 2. The van der Waals surface area contributed by atoms with Crippen LogP contribution in [0.2, 0.25) is 0 Å². The molecule has 0 saturated carbocycles. The summed E-state index contributed by atoms with van der Waals surface area (Å²) in [6.07, 6.45) is 2.81. The van der Waals surface area contributed by atoms with Crippen molar-refractivity contribution >= 4 is 23.1 Å². The molecule has 2 aliphatic heterocycles. The number of nitrogens with zero attached hydrogens (tertiary/aromatic N) is 1. The zero-order chi connectivity index (χ0) is 30.4. The summed E-state index contributed by atoms with van der Waals surface area (Å²) in [6.45, 7) is 13.1. The van der Waals surface area contributed by atoms with Crippen LogP contribution >= 0.6 is 0 Å². The van der Waals surface area contributed by atoms with Crippen molar-refractivity contribution < 1.29 is 19.1 Å². The molecule has 3 N–H and O–H groups in total. The molecule has 2 aromatic rings. The van der Waals surface area contributed by atoms with E-state index in [1.54, 1.807) is 14.2 Å². The van der Waals surface area contributed by atoms with Gasteiger partial charge < -0.3 is 30.3 Å². The molecule has 5 rings (SSSR count). The molecule has 226 valence electrons. The summed E-state index contributed by atoms with van der Waals surface area (Å²) in [5.41, 5.74) is 3.76. The number of hydrogen-bond acceptors (Lipinski definition) is 7. The van der Waals surface area contributed by atoms with E-state index >= 15 is 0 Å². The fraction of sp³-hybridized carbons (Fsp3) is 0.529. The fourth-order valence-electron chi connectivity index (χ4n) is 7.45. The lowest BCUT2D eigenvalue weighted by Crippen LogP contribution is -2.62. The van der Waals surface area contributed by atoms with Gasteiger partial charge in [-0.3, -0.25) is 9.59 Å². The van der Waals surface area contributed by atoms with Gasteiger partial charge in [-0.1, -0.05) is 26.0 Å². The van der Waals surface area contributed by atoms with Crippen LogP contribution in [0.25, 0.3) is 0 Å². The van der Waals surface area contributed by atoms with Crippen LogP contribution in [-0.4, -0.2) is 49.6 Å². The van der Waals surface area contributed by atoms with E-state index in [4.69, 9.17) is 9.47 Å². The molecule has 1 atom stereocenters. The van der Waals surface area contributed by atoms with E-state index < -0.39 is 6.04 Å². The van der Waals surface area contributed by atoms with Crippen LogP contribution in [0.5, 0.6) is 11.5 Å². The molecule has 42 heavy (non-hydrogen) atoms. The first-order valence-electron chi connectivity index (χ1n) is 14.9. The second-order valence-electron chi connectivity index (χ2n) is 14.2. The van der Waals surface area contributed by atoms with E-state index in [1.807, 2.05) is 42.5 Å². The van der Waals surface area contributed by atoms with E-state index in [0.717, 1.165) is 41.9 Å². The molecule has 0 bridgehead atoms. The van der Waals surface area contributed by atoms with Gasteiger partial charge in [0, 0.05) is 46.4 Å². The second kappa shape index (κ2) is 11.0. The largest absolute Gasteiger partial charge is 0.497 e. The molecule has 8 nitrogen and oxygen atoms in total. The maximum Gasteiger partial charge on any atom is 0.239 e. The van der Waals surface area contributed by atoms with Crippen molar-refractivity contribution in [2.24, 2.45) is 5.41 Å². The van der Waals surface area contributed by atoms with E-state index in [-0.39, 0.29) is 40.8 Å². The molecule has 0 radical (unpaired) electrons. The van der Waals surface area contributed by atoms with E-state index in [1.165, 1.54) is 0 Å². The molecular weight excluding hydrogens is 528 g/mol. The highest BCUT2D eigenvalue weighted by atomic mass is 16.5. The molecule has 1 saturated heterocycles. The van der Waals surface area contributed by atoms with Gasteiger partial charge in [0.05, 0.1) is 38.2 Å². The third-order valence-electron chi connectivity index (χ3n) is 8.61. The monoisotopic (exact) mass is 574 g/mol. The van der Waals surface area contributed by atoms with Crippen molar-refractivity contribution in [2.45, 2.75) is 90.4 Å². The molecule has 3 aliphatic rings. The second-order valence-corrected chi connectivity index (χ2v) is 14.2. The van der Waals surface area contributed by atoms with Gasteiger partial charge in [-0.15, -0.1) is 0 Å². The number of ketones is 1. The van der Waals surface area contributed by atoms with Gasteiger partial charge in [-0.05, 0) is 76.6 Å². The van der Waals surface area contributed by atoms with Gasteiger partial charge in [-0.25, -0.2) is 0 Å². The fourth-order valence-corrected chi connectivity index (χ4v) is 7.45. The SMILES string of the molecule is COc1ccc(C2C3=C(CC(C)(C)CC3=O)Nc3ccccc3N2CC(=O)NC2CC(C)(C)NC(C)(C)C2)c(OC)c1. The molecule has 8 heteroatoms. The van der Waals surface area contributed by atoms with Gasteiger partial charge in [0.15, 0.2) is 5.78 Å². The van der Waals surface area contributed by atoms with Gasteiger partial charge in [0.25, 0.3) is 0 Å². The lowest BCUT2D eigenvalue weighted by atomic mass is 9.73. The third kappa shape index (κ3) is 6.14. The first kappa shape index (κ1) is 30.0. The number of piperidine rings is 1. The smallest absolute Gasteiger partial charge is 0.239 e. The number of carbonyl (C=O) groups is 2. The minimum Gasteiger partial charge on any atom is -0.497 e. The van der Waals surface area contributed by atoms with Crippen molar-refractivity contribution in [1.29, 1.82) is 0 Å². The van der Waals surface area contributed by atoms with Gasteiger partial charge in [-0.2, -0.15) is 0 Å². The first-order chi connectivity index (χ1) is 19.7. The number of anilines is 2. The predicted molar refractivity (Wildman–Crippen MR) is 167 cm³/mol. The Balaban J connectivity index is 1.61. The summed E-state index contributed by atoms with van der Waals surface area (Å²) in [5.74, 6) is 1.27. The summed E-state index contributed by atoms with van der Waals surface area (Å²) < 4.78 is 11.4. The molecule has 0 spiro atoms. The summed E-state index contributed by atoms with van der Waals surface area (Å²) in [7, 11) is 3.24. The summed E-state index contributed by atoms with van der Waals surface area (Å²) in [6, 6.07) is 13.2. The van der Waals surface area contributed by atoms with Gasteiger partial charge in [0.1, 0.15) is 11.5 Å². The normalized spacial score (nSPS) is 22.8. The van der Waals surface area contributed by atoms with E-state index in [2.05, 4.69) is 62.4 Å². The van der Waals surface area contributed by atoms with E-state index in [0.29, 0.717) is 23.5 Å². The van der Waals surface area contributed by atoms with Gasteiger partial charge in [0.2, 0.25) is 5.91 Å². The number of allylic oxidation sites excluding steroid dienone is 1. The Hall–Kier alpha value is -3.52. The van der Waals surface area contributed by atoms with Crippen molar-refractivity contribution in [1.82, 2.24) is 10.6 Å². The van der Waals surface area contributed by atoms with Crippen LogP contribution in [0.1, 0.15) is 78.8 Å². The maximum absolute atomic E-state index is 14.0. The molecule has 1 aliphatic carbocycles. The Bertz CT molecular complexity index is 1390. The summed E-state index contributed by atoms with van der Waals surface area (Å²) in [5, 5.41) is 10.7. The number of Topliss-reactive ketones (excluding diaryl/α,β-unsaturated/α-hetero) is 1. The van der Waals surface area contributed by atoms with Crippen LogP contribution < -0.4 is 30.3 Å². The Morgan fingerprint density at radius 1 is 0.976 bits per heavy atom. The minimum absolute atomic E-state index is 0.0324. The first-order valence-corrected chi connectivity index (χ1v) is 14.9. The molecule has 2 aromatic carbocycles. The lowest BCUT2D eigenvalue weighted by molar-refractivity contribution is -0.121. The zero-order valence-electron chi connectivity index (χ0n) is 26.3. The van der Waals surface area contributed by atoms with Crippen LogP contribution in [0.4, 0.5) is 11.4 Å².